The smallest absolute Gasteiger partial charge is 0.317 e. The lowest BCUT2D eigenvalue weighted by Gasteiger charge is -2.35. The first-order valence-corrected chi connectivity index (χ1v) is 5.88. The van der Waals surface area contributed by atoms with Crippen LogP contribution in [0, 0.1) is 0 Å². The van der Waals surface area contributed by atoms with Gasteiger partial charge in [0, 0.05) is 18.6 Å². The molecule has 3 heteroatoms. The molecule has 0 radical (unpaired) electrons. The molecule has 1 saturated heterocycles. The van der Waals surface area contributed by atoms with Gasteiger partial charge in [-0.25, -0.2) is 4.79 Å². The maximum absolute atomic E-state index is 11.8. The van der Waals surface area contributed by atoms with Crippen LogP contribution in [0.1, 0.15) is 45.4 Å². The Morgan fingerprint density at radius 2 is 2.14 bits per heavy atom. The van der Waals surface area contributed by atoms with E-state index in [4.69, 9.17) is 0 Å². The second kappa shape index (κ2) is 4.20. The molecule has 0 aromatic rings. The van der Waals surface area contributed by atoms with Crippen LogP contribution in [0.3, 0.4) is 0 Å². The summed E-state index contributed by atoms with van der Waals surface area (Å²) >= 11 is 0. The first kappa shape index (κ1) is 9.81. The number of likely N-dealkylation sites (tertiary alicyclic amines) is 1. The fourth-order valence-electron chi connectivity index (χ4n) is 2.18. The summed E-state index contributed by atoms with van der Waals surface area (Å²) < 4.78 is 0. The van der Waals surface area contributed by atoms with Crippen LogP contribution in [0.2, 0.25) is 0 Å². The van der Waals surface area contributed by atoms with Gasteiger partial charge < -0.3 is 10.2 Å². The lowest BCUT2D eigenvalue weighted by atomic mass is 10.0. The minimum atomic E-state index is 0.180. The summed E-state index contributed by atoms with van der Waals surface area (Å²) in [4.78, 5) is 13.9. The third-order valence-electron chi connectivity index (χ3n) is 3.26. The highest BCUT2D eigenvalue weighted by atomic mass is 16.2. The molecule has 1 aliphatic heterocycles. The monoisotopic (exact) mass is 196 g/mol. The fraction of sp³-hybridized carbons (Fsp3) is 0.909. The van der Waals surface area contributed by atoms with E-state index in [0.29, 0.717) is 12.1 Å². The van der Waals surface area contributed by atoms with E-state index in [-0.39, 0.29) is 6.03 Å². The largest absolute Gasteiger partial charge is 0.335 e. The molecule has 0 aromatic heterocycles. The number of hydrogen-bond donors (Lipinski definition) is 1. The molecule has 3 nitrogen and oxygen atoms in total. The van der Waals surface area contributed by atoms with E-state index >= 15 is 0 Å². The van der Waals surface area contributed by atoms with Crippen molar-refractivity contribution in [2.75, 3.05) is 6.54 Å². The number of nitrogens with zero attached hydrogens (tertiary/aromatic N) is 1. The van der Waals surface area contributed by atoms with E-state index in [9.17, 15) is 4.79 Å². The third kappa shape index (κ3) is 2.20. The molecule has 0 spiro atoms. The number of carbonyl (C=O) groups excluding carboxylic acids is 1. The summed E-state index contributed by atoms with van der Waals surface area (Å²) in [7, 11) is 0. The molecule has 14 heavy (non-hydrogen) atoms. The molecule has 2 fully saturated rings. The molecule has 80 valence electrons. The van der Waals surface area contributed by atoms with Crippen molar-refractivity contribution < 1.29 is 4.79 Å². The van der Waals surface area contributed by atoms with Gasteiger partial charge in [-0.05, 0) is 38.5 Å². The van der Waals surface area contributed by atoms with Crippen molar-refractivity contribution in [3.63, 3.8) is 0 Å². The molecule has 1 saturated carbocycles. The van der Waals surface area contributed by atoms with Crippen molar-refractivity contribution in [2.45, 2.75) is 57.5 Å². The zero-order valence-corrected chi connectivity index (χ0v) is 8.96. The Morgan fingerprint density at radius 3 is 2.79 bits per heavy atom. The highest BCUT2D eigenvalue weighted by Crippen LogP contribution is 2.22. The number of urea groups is 1. The van der Waals surface area contributed by atoms with Gasteiger partial charge >= 0.3 is 6.03 Å². The summed E-state index contributed by atoms with van der Waals surface area (Å²) in [5.41, 5.74) is 0. The van der Waals surface area contributed by atoms with Gasteiger partial charge in [-0.2, -0.15) is 0 Å². The van der Waals surface area contributed by atoms with Gasteiger partial charge in [-0.3, -0.25) is 0 Å². The first-order chi connectivity index (χ1) is 6.81. The summed E-state index contributed by atoms with van der Waals surface area (Å²) in [6.07, 6.45) is 7.10. The van der Waals surface area contributed by atoms with E-state index in [1.165, 1.54) is 32.1 Å². The zero-order valence-electron chi connectivity index (χ0n) is 8.96. The van der Waals surface area contributed by atoms with Crippen LogP contribution in [0.4, 0.5) is 4.79 Å². The maximum atomic E-state index is 11.8. The van der Waals surface area contributed by atoms with Gasteiger partial charge in [-0.15, -0.1) is 0 Å². The normalized spacial score (nSPS) is 27.5. The van der Waals surface area contributed by atoms with Crippen LogP contribution in [0.5, 0.6) is 0 Å². The molecule has 1 unspecified atom stereocenters. The van der Waals surface area contributed by atoms with E-state index in [0.717, 1.165) is 13.0 Å². The first-order valence-electron chi connectivity index (χ1n) is 5.88. The number of hydrogen-bond acceptors (Lipinski definition) is 1. The van der Waals surface area contributed by atoms with Crippen molar-refractivity contribution >= 4 is 6.03 Å². The number of rotatable bonds is 2. The molecule has 0 bridgehead atoms. The van der Waals surface area contributed by atoms with Gasteiger partial charge in [0.15, 0.2) is 0 Å². The van der Waals surface area contributed by atoms with E-state index in [1.54, 1.807) is 0 Å². The van der Waals surface area contributed by atoms with Crippen LogP contribution < -0.4 is 5.32 Å². The molecule has 2 rings (SSSR count). The molecular weight excluding hydrogens is 176 g/mol. The van der Waals surface area contributed by atoms with Crippen molar-refractivity contribution in [3.05, 3.63) is 0 Å². The Bertz CT molecular complexity index is 213. The third-order valence-corrected chi connectivity index (χ3v) is 3.26. The van der Waals surface area contributed by atoms with Gasteiger partial charge in [0.05, 0.1) is 0 Å². The van der Waals surface area contributed by atoms with Crippen molar-refractivity contribution in [2.24, 2.45) is 0 Å². The second-order valence-electron chi connectivity index (χ2n) is 4.48. The molecular formula is C11H20N2O. The molecule has 1 N–H and O–H groups in total. The average molecular weight is 196 g/mol. The molecule has 1 atom stereocenters. The minimum Gasteiger partial charge on any atom is -0.335 e. The topological polar surface area (TPSA) is 32.3 Å². The molecule has 2 amide bonds. The predicted octanol–water partition coefficient (Wildman–Crippen LogP) is 2.12. The van der Waals surface area contributed by atoms with Crippen LogP contribution in [0.25, 0.3) is 0 Å². The van der Waals surface area contributed by atoms with Crippen molar-refractivity contribution in [3.8, 4) is 0 Å². The number of piperidine rings is 1. The summed E-state index contributed by atoms with van der Waals surface area (Å²) in [6.45, 7) is 3.13. The Morgan fingerprint density at radius 1 is 1.36 bits per heavy atom. The lowest BCUT2D eigenvalue weighted by molar-refractivity contribution is 0.148. The quantitative estimate of drug-likeness (QED) is 0.721. The van der Waals surface area contributed by atoms with E-state index < -0.39 is 0 Å². The Kier molecular flexibility index (Phi) is 2.94. The van der Waals surface area contributed by atoms with Gasteiger partial charge in [-0.1, -0.05) is 6.92 Å². The Balaban J connectivity index is 1.87. The van der Waals surface area contributed by atoms with Crippen LogP contribution in [-0.4, -0.2) is 29.6 Å². The maximum Gasteiger partial charge on any atom is 0.317 e. The number of carbonyl (C=O) groups is 1. The van der Waals surface area contributed by atoms with Crippen LogP contribution >= 0.6 is 0 Å². The van der Waals surface area contributed by atoms with Crippen molar-refractivity contribution in [1.82, 2.24) is 10.2 Å². The van der Waals surface area contributed by atoms with E-state index in [2.05, 4.69) is 12.2 Å². The molecule has 0 aromatic carbocycles. The summed E-state index contributed by atoms with van der Waals surface area (Å²) in [6, 6.07) is 1.16. The predicted molar refractivity (Wildman–Crippen MR) is 56.2 cm³/mol. The van der Waals surface area contributed by atoms with Gasteiger partial charge in [0.1, 0.15) is 0 Å². The average Bonchev–Trinajstić information content (AvgIpc) is 3.01. The molecule has 2 aliphatic rings. The SMILES string of the molecule is CCC1CCCCN1C(=O)NC1CC1. The Labute approximate surface area is 85.8 Å². The summed E-state index contributed by atoms with van der Waals surface area (Å²) in [5, 5.41) is 3.07. The highest BCUT2D eigenvalue weighted by Gasteiger charge is 2.29. The molecule has 1 aliphatic carbocycles. The minimum absolute atomic E-state index is 0.180. The Hall–Kier alpha value is -0.730. The number of nitrogens with one attached hydrogen (secondary N) is 1. The zero-order chi connectivity index (χ0) is 9.97. The summed E-state index contributed by atoms with van der Waals surface area (Å²) in [5.74, 6) is 0. The highest BCUT2D eigenvalue weighted by molar-refractivity contribution is 5.75. The van der Waals surface area contributed by atoms with Gasteiger partial charge in [0.2, 0.25) is 0 Å². The van der Waals surface area contributed by atoms with Gasteiger partial charge in [0.25, 0.3) is 0 Å². The lowest BCUT2D eigenvalue weighted by Crippen LogP contribution is -2.48. The fourth-order valence-corrected chi connectivity index (χ4v) is 2.18. The van der Waals surface area contributed by atoms with Crippen LogP contribution in [0.15, 0.2) is 0 Å². The molecule has 1 heterocycles. The van der Waals surface area contributed by atoms with Crippen LogP contribution in [-0.2, 0) is 0 Å². The number of amides is 2. The van der Waals surface area contributed by atoms with E-state index in [1.807, 2.05) is 4.90 Å². The van der Waals surface area contributed by atoms with Crippen molar-refractivity contribution in [1.29, 1.82) is 0 Å². The second-order valence-corrected chi connectivity index (χ2v) is 4.48. The standard InChI is InChI=1S/C11H20N2O/c1-2-10-5-3-4-8-13(10)11(14)12-9-6-7-9/h9-10H,2-8H2,1H3,(H,12,14).